The van der Waals surface area contributed by atoms with Gasteiger partial charge in [-0.1, -0.05) is 60.6 Å². The van der Waals surface area contributed by atoms with E-state index >= 15 is 0 Å². The van der Waals surface area contributed by atoms with Gasteiger partial charge in [0.15, 0.2) is 0 Å². The summed E-state index contributed by atoms with van der Waals surface area (Å²) in [7, 11) is 0. The molecule has 21 heavy (non-hydrogen) atoms. The van der Waals surface area contributed by atoms with Crippen molar-refractivity contribution in [1.82, 2.24) is 0 Å². The zero-order valence-electron chi connectivity index (χ0n) is 14.9. The van der Waals surface area contributed by atoms with E-state index in [9.17, 15) is 0 Å². The third-order valence-corrected chi connectivity index (χ3v) is 3.91. The molecule has 2 nitrogen and oxygen atoms in total. The van der Waals surface area contributed by atoms with E-state index in [4.69, 9.17) is 10.5 Å². The van der Waals surface area contributed by atoms with Crippen LogP contribution in [0.4, 0.5) is 0 Å². The number of benzene rings is 1. The molecule has 1 rings (SSSR count). The molecule has 1 aromatic rings. The summed E-state index contributed by atoms with van der Waals surface area (Å²) in [4.78, 5) is 0. The molecule has 2 N–H and O–H groups in total. The second-order valence-corrected chi connectivity index (χ2v) is 8.36. The molecule has 1 atom stereocenters. The highest BCUT2D eigenvalue weighted by Gasteiger charge is 2.27. The molecule has 0 aliphatic rings. The summed E-state index contributed by atoms with van der Waals surface area (Å²) >= 11 is 0. The lowest BCUT2D eigenvalue weighted by atomic mass is 9.72. The Morgan fingerprint density at radius 2 is 1.52 bits per heavy atom. The maximum atomic E-state index is 6.01. The zero-order chi connectivity index (χ0) is 16.3. The second kappa shape index (κ2) is 6.83. The molecule has 1 aromatic carbocycles. The van der Waals surface area contributed by atoms with Crippen LogP contribution in [0.15, 0.2) is 24.3 Å². The molecule has 0 saturated carbocycles. The van der Waals surface area contributed by atoms with Gasteiger partial charge in [-0.05, 0) is 40.9 Å². The standard InChI is InChI=1S/C19H33NO/c1-14(2)17(20)12-21-16-10-8-15(9-11-16)19(6,7)13-18(3,4)5/h8-11,14,17H,12-13,20H2,1-7H3. The van der Waals surface area contributed by atoms with E-state index in [0.717, 1.165) is 12.2 Å². The maximum Gasteiger partial charge on any atom is 0.119 e. The predicted octanol–water partition coefficient (Wildman–Crippen LogP) is 4.76. The number of nitrogens with two attached hydrogens (primary N) is 1. The van der Waals surface area contributed by atoms with Crippen molar-refractivity contribution in [1.29, 1.82) is 0 Å². The van der Waals surface area contributed by atoms with Crippen LogP contribution < -0.4 is 10.5 Å². The Bertz CT molecular complexity index is 426. The summed E-state index contributed by atoms with van der Waals surface area (Å²) in [6.07, 6.45) is 1.15. The molecular weight excluding hydrogens is 258 g/mol. The van der Waals surface area contributed by atoms with E-state index in [2.05, 4.69) is 72.7 Å². The normalized spacial score (nSPS) is 14.3. The molecule has 120 valence electrons. The van der Waals surface area contributed by atoms with E-state index < -0.39 is 0 Å². The highest BCUT2D eigenvalue weighted by Crippen LogP contribution is 2.36. The van der Waals surface area contributed by atoms with E-state index in [1.54, 1.807) is 0 Å². The van der Waals surface area contributed by atoms with Gasteiger partial charge in [-0.15, -0.1) is 0 Å². The Balaban J connectivity index is 2.69. The van der Waals surface area contributed by atoms with Crippen LogP contribution in [0.1, 0.15) is 60.5 Å². The van der Waals surface area contributed by atoms with Gasteiger partial charge in [0.1, 0.15) is 12.4 Å². The fraction of sp³-hybridized carbons (Fsp3) is 0.684. The van der Waals surface area contributed by atoms with Crippen LogP contribution in [0.3, 0.4) is 0 Å². The van der Waals surface area contributed by atoms with Gasteiger partial charge in [-0.25, -0.2) is 0 Å². The minimum atomic E-state index is 0.0852. The molecule has 0 aromatic heterocycles. The van der Waals surface area contributed by atoms with Crippen LogP contribution in [0.25, 0.3) is 0 Å². The minimum absolute atomic E-state index is 0.0852. The van der Waals surface area contributed by atoms with Crippen LogP contribution in [0.5, 0.6) is 5.75 Å². The molecule has 0 heterocycles. The van der Waals surface area contributed by atoms with Gasteiger partial charge in [0.25, 0.3) is 0 Å². The number of rotatable bonds is 6. The first-order chi connectivity index (χ1) is 9.51. The lowest BCUT2D eigenvalue weighted by Crippen LogP contribution is -2.33. The molecule has 0 bridgehead atoms. The molecule has 1 unspecified atom stereocenters. The van der Waals surface area contributed by atoms with Gasteiger partial charge in [0, 0.05) is 6.04 Å². The Hall–Kier alpha value is -1.02. The van der Waals surface area contributed by atoms with Crippen LogP contribution in [0.2, 0.25) is 0 Å². The Kier molecular flexibility index (Phi) is 5.86. The Morgan fingerprint density at radius 3 is 1.95 bits per heavy atom. The second-order valence-electron chi connectivity index (χ2n) is 8.36. The molecule has 0 fully saturated rings. The van der Waals surface area contributed by atoms with E-state index in [-0.39, 0.29) is 11.5 Å². The van der Waals surface area contributed by atoms with Gasteiger partial charge in [0.05, 0.1) is 0 Å². The summed E-state index contributed by atoms with van der Waals surface area (Å²) in [5.41, 5.74) is 7.86. The molecule has 0 amide bonds. The lowest BCUT2D eigenvalue weighted by Gasteiger charge is -2.33. The van der Waals surface area contributed by atoms with Crippen molar-refractivity contribution < 1.29 is 4.74 Å². The fourth-order valence-electron chi connectivity index (χ4n) is 2.82. The average Bonchev–Trinajstić information content (AvgIpc) is 2.33. The molecule has 0 aliphatic heterocycles. The minimum Gasteiger partial charge on any atom is -0.492 e. The van der Waals surface area contributed by atoms with Crippen LogP contribution in [-0.4, -0.2) is 12.6 Å². The van der Waals surface area contributed by atoms with Crippen LogP contribution in [-0.2, 0) is 5.41 Å². The van der Waals surface area contributed by atoms with Gasteiger partial charge >= 0.3 is 0 Å². The van der Waals surface area contributed by atoms with E-state index in [0.29, 0.717) is 17.9 Å². The summed E-state index contributed by atoms with van der Waals surface area (Å²) in [5, 5.41) is 0. The molecule has 0 aliphatic carbocycles. The molecule has 2 heteroatoms. The third kappa shape index (κ3) is 6.09. The van der Waals surface area contributed by atoms with Crippen LogP contribution in [0, 0.1) is 11.3 Å². The van der Waals surface area contributed by atoms with Gasteiger partial charge in [-0.3, -0.25) is 0 Å². The summed E-state index contributed by atoms with van der Waals surface area (Å²) in [5.74, 6) is 1.34. The molecule has 0 radical (unpaired) electrons. The molecule has 0 saturated heterocycles. The van der Waals surface area contributed by atoms with Gasteiger partial charge in [0.2, 0.25) is 0 Å². The fourth-order valence-corrected chi connectivity index (χ4v) is 2.82. The van der Waals surface area contributed by atoms with Gasteiger partial charge in [-0.2, -0.15) is 0 Å². The summed E-state index contributed by atoms with van der Waals surface area (Å²) in [6.45, 7) is 16.3. The first-order valence-electron chi connectivity index (χ1n) is 8.00. The number of hydrogen-bond acceptors (Lipinski definition) is 2. The number of hydrogen-bond donors (Lipinski definition) is 1. The third-order valence-electron chi connectivity index (χ3n) is 3.91. The maximum absolute atomic E-state index is 6.01. The molecule has 0 spiro atoms. The average molecular weight is 291 g/mol. The SMILES string of the molecule is CC(C)C(N)COc1ccc(C(C)(C)CC(C)(C)C)cc1. The van der Waals surface area contributed by atoms with E-state index in [1.165, 1.54) is 5.56 Å². The Labute approximate surface area is 131 Å². The summed E-state index contributed by atoms with van der Waals surface area (Å²) in [6, 6.07) is 8.57. The predicted molar refractivity (Wildman–Crippen MR) is 91.8 cm³/mol. The van der Waals surface area contributed by atoms with Crippen molar-refractivity contribution in [2.75, 3.05) is 6.61 Å². The Morgan fingerprint density at radius 1 is 1.00 bits per heavy atom. The van der Waals surface area contributed by atoms with Crippen molar-refractivity contribution in [3.63, 3.8) is 0 Å². The quantitative estimate of drug-likeness (QED) is 0.820. The van der Waals surface area contributed by atoms with Gasteiger partial charge < -0.3 is 10.5 Å². The highest BCUT2D eigenvalue weighted by molar-refractivity contribution is 5.31. The lowest BCUT2D eigenvalue weighted by molar-refractivity contribution is 0.259. The summed E-state index contributed by atoms with van der Waals surface area (Å²) < 4.78 is 5.77. The first kappa shape index (κ1) is 18.0. The van der Waals surface area contributed by atoms with Crippen molar-refractivity contribution in [3.05, 3.63) is 29.8 Å². The van der Waals surface area contributed by atoms with Crippen molar-refractivity contribution in [3.8, 4) is 5.75 Å². The van der Waals surface area contributed by atoms with Crippen molar-refractivity contribution >= 4 is 0 Å². The largest absolute Gasteiger partial charge is 0.492 e. The number of ether oxygens (including phenoxy) is 1. The van der Waals surface area contributed by atoms with Crippen LogP contribution >= 0.6 is 0 Å². The van der Waals surface area contributed by atoms with E-state index in [1.807, 2.05) is 0 Å². The molecular formula is C19H33NO. The van der Waals surface area contributed by atoms with Crippen molar-refractivity contribution in [2.24, 2.45) is 17.1 Å². The monoisotopic (exact) mass is 291 g/mol. The van der Waals surface area contributed by atoms with Crippen molar-refractivity contribution in [2.45, 2.75) is 66.3 Å². The highest BCUT2D eigenvalue weighted by atomic mass is 16.5. The smallest absolute Gasteiger partial charge is 0.119 e. The topological polar surface area (TPSA) is 35.2 Å². The first-order valence-corrected chi connectivity index (χ1v) is 8.00. The zero-order valence-corrected chi connectivity index (χ0v) is 14.9.